The summed E-state index contributed by atoms with van der Waals surface area (Å²) >= 11 is 0. The minimum absolute atomic E-state index is 0.255. The quantitative estimate of drug-likeness (QED) is 0.815. The minimum Gasteiger partial charge on any atom is -0.325 e. The van der Waals surface area contributed by atoms with Gasteiger partial charge in [-0.05, 0) is 24.1 Å². The maximum absolute atomic E-state index is 11.4. The van der Waals surface area contributed by atoms with E-state index in [1.54, 1.807) is 6.07 Å². The number of benzene rings is 1. The van der Waals surface area contributed by atoms with E-state index in [1.807, 2.05) is 25.1 Å². The van der Waals surface area contributed by atoms with Crippen LogP contribution in [0, 0.1) is 0 Å². The number of sulfonamides is 1. The van der Waals surface area contributed by atoms with Crippen LogP contribution in [0.25, 0.3) is 0 Å². The summed E-state index contributed by atoms with van der Waals surface area (Å²) in [4.78, 5) is 11.4. The SMILES string of the molecule is CCc1cccc(NC(=O)CNS(C)(=O)=O)c1. The van der Waals surface area contributed by atoms with E-state index in [4.69, 9.17) is 0 Å². The summed E-state index contributed by atoms with van der Waals surface area (Å²) in [5, 5.41) is 2.62. The van der Waals surface area contributed by atoms with Gasteiger partial charge in [-0.25, -0.2) is 13.1 Å². The Balaban J connectivity index is 2.56. The van der Waals surface area contributed by atoms with Crippen molar-refractivity contribution < 1.29 is 13.2 Å². The van der Waals surface area contributed by atoms with Gasteiger partial charge >= 0.3 is 0 Å². The number of amides is 1. The molecule has 0 saturated heterocycles. The number of aryl methyl sites for hydroxylation is 1. The lowest BCUT2D eigenvalue weighted by Crippen LogP contribution is -2.32. The number of hydrogen-bond acceptors (Lipinski definition) is 3. The largest absolute Gasteiger partial charge is 0.325 e. The highest BCUT2D eigenvalue weighted by Gasteiger charge is 2.06. The molecule has 0 fully saturated rings. The van der Waals surface area contributed by atoms with E-state index in [-0.39, 0.29) is 12.5 Å². The fourth-order valence-corrected chi connectivity index (χ4v) is 1.66. The van der Waals surface area contributed by atoms with Crippen LogP contribution in [0.15, 0.2) is 24.3 Å². The maximum Gasteiger partial charge on any atom is 0.239 e. The standard InChI is InChI=1S/C11H16N2O3S/c1-3-9-5-4-6-10(7-9)13-11(14)8-12-17(2,15)16/h4-7,12H,3,8H2,1-2H3,(H,13,14). The first-order chi connectivity index (χ1) is 7.90. The minimum atomic E-state index is -3.34. The van der Waals surface area contributed by atoms with E-state index < -0.39 is 10.0 Å². The van der Waals surface area contributed by atoms with Crippen LogP contribution >= 0.6 is 0 Å². The summed E-state index contributed by atoms with van der Waals surface area (Å²) in [6.07, 6.45) is 1.89. The van der Waals surface area contributed by atoms with Gasteiger partial charge in [0.05, 0.1) is 12.8 Å². The molecule has 0 aliphatic heterocycles. The van der Waals surface area contributed by atoms with Gasteiger partial charge in [-0.15, -0.1) is 0 Å². The van der Waals surface area contributed by atoms with Crippen LogP contribution in [0.4, 0.5) is 5.69 Å². The van der Waals surface area contributed by atoms with Gasteiger partial charge in [0.2, 0.25) is 15.9 Å². The van der Waals surface area contributed by atoms with Crippen LogP contribution in [0.3, 0.4) is 0 Å². The van der Waals surface area contributed by atoms with Gasteiger partial charge in [-0.2, -0.15) is 0 Å². The normalized spacial score (nSPS) is 11.2. The van der Waals surface area contributed by atoms with E-state index in [1.165, 1.54) is 0 Å². The molecule has 0 aromatic heterocycles. The zero-order valence-electron chi connectivity index (χ0n) is 9.86. The molecule has 0 bridgehead atoms. The van der Waals surface area contributed by atoms with Gasteiger partial charge in [0.25, 0.3) is 0 Å². The molecule has 17 heavy (non-hydrogen) atoms. The van der Waals surface area contributed by atoms with Gasteiger partial charge in [0.1, 0.15) is 0 Å². The predicted molar refractivity (Wildman–Crippen MR) is 67.3 cm³/mol. The van der Waals surface area contributed by atoms with Crippen molar-refractivity contribution in [1.29, 1.82) is 0 Å². The number of nitrogens with one attached hydrogen (secondary N) is 2. The van der Waals surface area contributed by atoms with Crippen LogP contribution in [-0.2, 0) is 21.2 Å². The second kappa shape index (κ2) is 5.79. The van der Waals surface area contributed by atoms with E-state index in [0.29, 0.717) is 5.69 Å². The van der Waals surface area contributed by atoms with Gasteiger partial charge in [0, 0.05) is 5.69 Å². The smallest absolute Gasteiger partial charge is 0.239 e. The fourth-order valence-electron chi connectivity index (χ4n) is 1.27. The van der Waals surface area contributed by atoms with Crippen LogP contribution < -0.4 is 10.0 Å². The van der Waals surface area contributed by atoms with Crippen LogP contribution in [-0.4, -0.2) is 27.1 Å². The Kier molecular flexibility index (Phi) is 4.65. The Labute approximate surface area is 101 Å². The molecule has 0 heterocycles. The first-order valence-electron chi connectivity index (χ1n) is 5.24. The van der Waals surface area contributed by atoms with E-state index in [0.717, 1.165) is 18.2 Å². The molecule has 0 aliphatic carbocycles. The highest BCUT2D eigenvalue weighted by Crippen LogP contribution is 2.10. The lowest BCUT2D eigenvalue weighted by Gasteiger charge is -2.06. The molecule has 1 aromatic carbocycles. The molecule has 0 aliphatic rings. The summed E-state index contributed by atoms with van der Waals surface area (Å²) in [7, 11) is -3.34. The Bertz CT molecular complexity index is 497. The Hall–Kier alpha value is -1.40. The number of hydrogen-bond donors (Lipinski definition) is 2. The van der Waals surface area contributed by atoms with Gasteiger partial charge in [-0.3, -0.25) is 4.79 Å². The first-order valence-corrected chi connectivity index (χ1v) is 7.13. The molecule has 0 saturated carbocycles. The zero-order chi connectivity index (χ0) is 12.9. The van der Waals surface area contributed by atoms with Crippen molar-refractivity contribution in [3.05, 3.63) is 29.8 Å². The summed E-state index contributed by atoms with van der Waals surface area (Å²) in [5.74, 6) is -0.385. The molecule has 5 nitrogen and oxygen atoms in total. The lowest BCUT2D eigenvalue weighted by atomic mass is 10.1. The monoisotopic (exact) mass is 256 g/mol. The average molecular weight is 256 g/mol. The van der Waals surface area contributed by atoms with Crippen LogP contribution in [0.2, 0.25) is 0 Å². The average Bonchev–Trinajstić information content (AvgIpc) is 2.26. The van der Waals surface area contributed by atoms with Crippen LogP contribution in [0.5, 0.6) is 0 Å². The first kappa shape index (κ1) is 13.7. The summed E-state index contributed by atoms with van der Waals surface area (Å²) < 4.78 is 23.7. The van der Waals surface area contributed by atoms with Crippen molar-refractivity contribution in [2.45, 2.75) is 13.3 Å². The summed E-state index contributed by atoms with van der Waals surface area (Å²) in [6.45, 7) is 1.77. The molecule has 6 heteroatoms. The van der Waals surface area contributed by atoms with Crippen molar-refractivity contribution in [3.63, 3.8) is 0 Å². The van der Waals surface area contributed by atoms with Crippen molar-refractivity contribution in [2.75, 3.05) is 18.1 Å². The molecule has 1 aromatic rings. The molecular weight excluding hydrogens is 240 g/mol. The number of rotatable bonds is 5. The third kappa shape index (κ3) is 5.46. The van der Waals surface area contributed by atoms with Gasteiger partial charge in [0.15, 0.2) is 0 Å². The summed E-state index contributed by atoms with van der Waals surface area (Å²) in [5.41, 5.74) is 1.78. The molecule has 1 amide bonds. The summed E-state index contributed by atoms with van der Waals surface area (Å²) in [6, 6.07) is 7.43. The second-order valence-electron chi connectivity index (χ2n) is 3.70. The highest BCUT2D eigenvalue weighted by molar-refractivity contribution is 7.88. The van der Waals surface area contributed by atoms with Crippen molar-refractivity contribution in [3.8, 4) is 0 Å². The maximum atomic E-state index is 11.4. The topological polar surface area (TPSA) is 75.3 Å². The van der Waals surface area contributed by atoms with E-state index in [9.17, 15) is 13.2 Å². The third-order valence-corrected chi connectivity index (χ3v) is 2.78. The van der Waals surface area contributed by atoms with Crippen molar-refractivity contribution in [1.82, 2.24) is 4.72 Å². The van der Waals surface area contributed by atoms with E-state index in [2.05, 4.69) is 10.0 Å². The fraction of sp³-hybridized carbons (Fsp3) is 0.364. The molecule has 0 spiro atoms. The lowest BCUT2D eigenvalue weighted by molar-refractivity contribution is -0.115. The molecule has 2 N–H and O–H groups in total. The van der Waals surface area contributed by atoms with Crippen LogP contribution in [0.1, 0.15) is 12.5 Å². The predicted octanol–water partition coefficient (Wildman–Crippen LogP) is 0.737. The van der Waals surface area contributed by atoms with E-state index >= 15 is 0 Å². The molecule has 0 atom stereocenters. The Morgan fingerprint density at radius 2 is 2.06 bits per heavy atom. The number of anilines is 1. The Morgan fingerprint density at radius 1 is 1.35 bits per heavy atom. The molecular formula is C11H16N2O3S. The van der Waals surface area contributed by atoms with Gasteiger partial charge in [-0.1, -0.05) is 19.1 Å². The molecule has 0 unspecified atom stereocenters. The number of carbonyl (C=O) groups is 1. The van der Waals surface area contributed by atoms with Gasteiger partial charge < -0.3 is 5.32 Å². The van der Waals surface area contributed by atoms with Crippen molar-refractivity contribution in [2.24, 2.45) is 0 Å². The Morgan fingerprint density at radius 3 is 2.65 bits per heavy atom. The molecule has 0 radical (unpaired) electrons. The molecule has 1 rings (SSSR count). The highest BCUT2D eigenvalue weighted by atomic mass is 32.2. The number of carbonyl (C=O) groups excluding carboxylic acids is 1. The second-order valence-corrected chi connectivity index (χ2v) is 5.53. The molecule has 94 valence electrons. The zero-order valence-corrected chi connectivity index (χ0v) is 10.7. The third-order valence-electron chi connectivity index (χ3n) is 2.11. The van der Waals surface area contributed by atoms with Crippen molar-refractivity contribution >= 4 is 21.6 Å².